The first-order valence-electron chi connectivity index (χ1n) is 12.9. The van der Waals surface area contributed by atoms with Crippen LogP contribution in [-0.4, -0.2) is 33.9 Å². The van der Waals surface area contributed by atoms with Gasteiger partial charge < -0.3 is 14.0 Å². The molecule has 0 radical (unpaired) electrons. The van der Waals surface area contributed by atoms with Crippen LogP contribution in [0.1, 0.15) is 94.5 Å². The normalized spacial score (nSPS) is 14.9. The monoisotopic (exact) mass is 478 g/mol. The van der Waals surface area contributed by atoms with Gasteiger partial charge in [0.05, 0.1) is 24.1 Å². The van der Waals surface area contributed by atoms with Gasteiger partial charge in [0, 0.05) is 23.6 Å². The average molecular weight is 479 g/mol. The predicted molar refractivity (Wildman–Crippen MR) is 139 cm³/mol. The summed E-state index contributed by atoms with van der Waals surface area (Å²) in [6.07, 6.45) is 9.39. The van der Waals surface area contributed by atoms with Crippen LogP contribution in [0.25, 0.3) is 22.3 Å². The van der Waals surface area contributed by atoms with Crippen molar-refractivity contribution in [3.63, 3.8) is 0 Å². The van der Waals surface area contributed by atoms with Gasteiger partial charge in [-0.15, -0.1) is 0 Å². The van der Waals surface area contributed by atoms with Crippen molar-refractivity contribution in [2.24, 2.45) is 0 Å². The minimum atomic E-state index is -0.588. The Morgan fingerprint density at radius 3 is 2.49 bits per heavy atom. The molecule has 0 N–H and O–H groups in total. The Hall–Kier alpha value is -3.02. The highest BCUT2D eigenvalue weighted by molar-refractivity contribution is 5.99. The van der Waals surface area contributed by atoms with E-state index in [4.69, 9.17) is 9.47 Å². The summed E-state index contributed by atoms with van der Waals surface area (Å²) < 4.78 is 14.7. The van der Waals surface area contributed by atoms with E-state index < -0.39 is 5.60 Å². The number of nitrogens with zero attached hydrogens (tertiary/aromatic N) is 2. The second kappa shape index (κ2) is 10.3. The molecule has 1 aliphatic carbocycles. The number of aromatic nitrogens is 2. The number of ether oxygens (including phenoxy) is 2. The van der Waals surface area contributed by atoms with Crippen LogP contribution in [0.5, 0.6) is 0 Å². The summed E-state index contributed by atoms with van der Waals surface area (Å²) in [5.41, 5.74) is 4.17. The topological polar surface area (TPSA) is 62.5 Å². The number of rotatable bonds is 6. The van der Waals surface area contributed by atoms with E-state index in [1.807, 2.05) is 45.0 Å². The molecule has 2 heterocycles. The smallest absolute Gasteiger partial charge is 0.419 e. The molecule has 0 aliphatic heterocycles. The standard InChI is InChI=1S/C29H38N2O4/c1-6-7-17-30-24-19-21(27(32)34-5)15-16-22(24)25(20-12-9-8-10-13-20)26(30)23-14-11-18-31(23)28(33)35-29(2,3)4/h11,14-16,18-20H,6-10,12-13,17H2,1-5H3. The molecule has 1 aromatic carbocycles. The fourth-order valence-corrected chi connectivity index (χ4v) is 5.29. The fourth-order valence-electron chi connectivity index (χ4n) is 5.29. The molecule has 1 aliphatic rings. The van der Waals surface area contributed by atoms with E-state index in [2.05, 4.69) is 17.6 Å². The van der Waals surface area contributed by atoms with Gasteiger partial charge in [-0.2, -0.15) is 0 Å². The number of hydrogen-bond donors (Lipinski definition) is 0. The van der Waals surface area contributed by atoms with Gasteiger partial charge >= 0.3 is 12.1 Å². The minimum Gasteiger partial charge on any atom is -0.465 e. The first-order chi connectivity index (χ1) is 16.7. The van der Waals surface area contributed by atoms with Crippen molar-refractivity contribution < 1.29 is 19.1 Å². The predicted octanol–water partition coefficient (Wildman–Crippen LogP) is 7.53. The third-order valence-corrected chi connectivity index (χ3v) is 6.86. The molecule has 2 aromatic heterocycles. The Labute approximate surface area is 208 Å². The quantitative estimate of drug-likeness (QED) is 0.344. The van der Waals surface area contributed by atoms with E-state index in [9.17, 15) is 9.59 Å². The number of methoxy groups -OCH3 is 1. The molecule has 0 atom stereocenters. The van der Waals surface area contributed by atoms with Crippen LogP contribution < -0.4 is 0 Å². The lowest BCUT2D eigenvalue weighted by Gasteiger charge is -2.25. The Morgan fingerprint density at radius 2 is 1.83 bits per heavy atom. The Balaban J connectivity index is 1.98. The molecule has 4 rings (SSSR count). The number of fused-ring (bicyclic) bond motifs is 1. The maximum Gasteiger partial charge on any atom is 0.419 e. The highest BCUT2D eigenvalue weighted by Crippen LogP contribution is 2.44. The second-order valence-corrected chi connectivity index (χ2v) is 10.6. The zero-order valence-corrected chi connectivity index (χ0v) is 21.7. The van der Waals surface area contributed by atoms with Gasteiger partial charge in [0.1, 0.15) is 5.60 Å². The van der Waals surface area contributed by atoms with Crippen molar-refractivity contribution in [3.05, 3.63) is 47.7 Å². The highest BCUT2D eigenvalue weighted by Gasteiger charge is 2.30. The van der Waals surface area contributed by atoms with Gasteiger partial charge in [-0.3, -0.25) is 4.57 Å². The Kier molecular flexibility index (Phi) is 7.39. The van der Waals surface area contributed by atoms with E-state index in [-0.39, 0.29) is 12.1 Å². The summed E-state index contributed by atoms with van der Waals surface area (Å²) in [7, 11) is 1.41. The molecule has 6 heteroatoms. The molecule has 188 valence electrons. The second-order valence-electron chi connectivity index (χ2n) is 10.6. The number of carbonyl (C=O) groups is 2. The van der Waals surface area contributed by atoms with Gasteiger partial charge in [-0.25, -0.2) is 9.59 Å². The number of benzene rings is 1. The zero-order valence-electron chi connectivity index (χ0n) is 21.7. The zero-order chi connectivity index (χ0) is 25.2. The lowest BCUT2D eigenvalue weighted by molar-refractivity contribution is 0.0538. The third-order valence-electron chi connectivity index (χ3n) is 6.86. The number of esters is 1. The minimum absolute atomic E-state index is 0.340. The van der Waals surface area contributed by atoms with Crippen LogP contribution in [0.3, 0.4) is 0 Å². The molecule has 0 bridgehead atoms. The van der Waals surface area contributed by atoms with E-state index >= 15 is 0 Å². The highest BCUT2D eigenvalue weighted by atomic mass is 16.6. The van der Waals surface area contributed by atoms with Crippen molar-refractivity contribution in [3.8, 4) is 11.4 Å². The summed E-state index contributed by atoms with van der Waals surface area (Å²) >= 11 is 0. The van der Waals surface area contributed by atoms with Crippen molar-refractivity contribution in [2.75, 3.05) is 7.11 Å². The summed E-state index contributed by atoms with van der Waals surface area (Å²) in [4.78, 5) is 25.6. The van der Waals surface area contributed by atoms with Crippen molar-refractivity contribution in [2.45, 2.75) is 90.7 Å². The lowest BCUT2D eigenvalue weighted by Crippen LogP contribution is -2.27. The average Bonchev–Trinajstić information content (AvgIpc) is 3.44. The molecule has 0 unspecified atom stereocenters. The number of aryl methyl sites for hydroxylation is 1. The Morgan fingerprint density at radius 1 is 1.09 bits per heavy atom. The molecule has 0 amide bonds. The summed E-state index contributed by atoms with van der Waals surface area (Å²) in [6.45, 7) is 8.63. The SMILES string of the molecule is CCCCn1c(-c2cccn2C(=O)OC(C)(C)C)c(C2CCCCC2)c2ccc(C(=O)OC)cc21. The number of carbonyl (C=O) groups excluding carboxylic acids is 2. The molecule has 1 saturated carbocycles. The maximum absolute atomic E-state index is 13.2. The van der Waals surface area contributed by atoms with Crippen molar-refractivity contribution in [1.29, 1.82) is 0 Å². The molecule has 35 heavy (non-hydrogen) atoms. The molecule has 1 fully saturated rings. The van der Waals surface area contributed by atoms with E-state index in [1.165, 1.54) is 31.9 Å². The Bertz CT molecular complexity index is 1210. The molecule has 6 nitrogen and oxygen atoms in total. The third kappa shape index (κ3) is 5.16. The molecule has 3 aromatic rings. The van der Waals surface area contributed by atoms with Crippen LogP contribution >= 0.6 is 0 Å². The van der Waals surface area contributed by atoms with Gasteiger partial charge in [-0.1, -0.05) is 38.7 Å². The van der Waals surface area contributed by atoms with Crippen LogP contribution in [0.2, 0.25) is 0 Å². The van der Waals surface area contributed by atoms with Crippen LogP contribution in [0.4, 0.5) is 4.79 Å². The van der Waals surface area contributed by atoms with E-state index in [0.29, 0.717) is 11.5 Å². The number of hydrogen-bond acceptors (Lipinski definition) is 4. The first kappa shape index (κ1) is 25.1. The van der Waals surface area contributed by atoms with Gasteiger partial charge in [0.2, 0.25) is 0 Å². The van der Waals surface area contributed by atoms with Gasteiger partial charge in [-0.05, 0) is 75.8 Å². The van der Waals surface area contributed by atoms with E-state index in [1.54, 1.807) is 10.8 Å². The largest absolute Gasteiger partial charge is 0.465 e. The van der Waals surface area contributed by atoms with Gasteiger partial charge in [0.25, 0.3) is 0 Å². The summed E-state index contributed by atoms with van der Waals surface area (Å²) in [5, 5.41) is 1.16. The first-order valence-corrected chi connectivity index (χ1v) is 12.9. The molecular formula is C29H38N2O4. The van der Waals surface area contributed by atoms with Crippen LogP contribution in [-0.2, 0) is 16.0 Å². The lowest BCUT2D eigenvalue weighted by atomic mass is 9.82. The van der Waals surface area contributed by atoms with Crippen molar-refractivity contribution in [1.82, 2.24) is 9.13 Å². The van der Waals surface area contributed by atoms with Crippen molar-refractivity contribution >= 4 is 23.0 Å². The molecular weight excluding hydrogens is 440 g/mol. The molecule has 0 saturated heterocycles. The van der Waals surface area contributed by atoms with Crippen LogP contribution in [0.15, 0.2) is 36.5 Å². The molecule has 0 spiro atoms. The van der Waals surface area contributed by atoms with E-state index in [0.717, 1.165) is 54.5 Å². The van der Waals surface area contributed by atoms with Gasteiger partial charge in [0.15, 0.2) is 0 Å². The van der Waals surface area contributed by atoms with Crippen LogP contribution in [0, 0.1) is 0 Å². The summed E-state index contributed by atoms with van der Waals surface area (Å²) in [5.74, 6) is 0.0723. The fraction of sp³-hybridized carbons (Fsp3) is 0.517. The summed E-state index contributed by atoms with van der Waals surface area (Å²) in [6, 6.07) is 9.80. The maximum atomic E-state index is 13.2. The number of unbranched alkanes of at least 4 members (excludes halogenated alkanes) is 1.